The summed E-state index contributed by atoms with van der Waals surface area (Å²) in [7, 11) is 0. The summed E-state index contributed by atoms with van der Waals surface area (Å²) in [6, 6.07) is 7.07. The summed E-state index contributed by atoms with van der Waals surface area (Å²) in [5.74, 6) is 0.282. The van der Waals surface area contributed by atoms with Gasteiger partial charge in [-0.15, -0.1) is 0 Å². The topological polar surface area (TPSA) is 55.4 Å². The van der Waals surface area contributed by atoms with Gasteiger partial charge in [-0.3, -0.25) is 9.59 Å². The number of rotatable bonds is 13. The molecule has 0 spiro atoms. The molecule has 0 fully saturated rings. The summed E-state index contributed by atoms with van der Waals surface area (Å²) < 4.78 is 5.77. The molecule has 1 aromatic carbocycles. The van der Waals surface area contributed by atoms with Gasteiger partial charge in [-0.05, 0) is 36.6 Å². The number of benzene rings is 1. The van der Waals surface area contributed by atoms with E-state index in [0.717, 1.165) is 12.8 Å². The Balaban J connectivity index is 2.42. The first-order valence-electron chi connectivity index (χ1n) is 9.27. The first-order valence-corrected chi connectivity index (χ1v) is 9.65. The highest BCUT2D eigenvalue weighted by Gasteiger charge is 2.19. The zero-order chi connectivity index (χ0) is 18.5. The summed E-state index contributed by atoms with van der Waals surface area (Å²) in [4.78, 5) is 22.9. The van der Waals surface area contributed by atoms with E-state index in [9.17, 15) is 9.59 Å². The van der Waals surface area contributed by atoms with Gasteiger partial charge in [0, 0.05) is 6.92 Å². The summed E-state index contributed by atoms with van der Waals surface area (Å²) in [6.45, 7) is 3.65. The average molecular weight is 368 g/mol. The second-order valence-electron chi connectivity index (χ2n) is 6.35. The van der Waals surface area contributed by atoms with Crippen LogP contribution < -0.4 is 10.1 Å². The van der Waals surface area contributed by atoms with Crippen LogP contribution in [0.4, 0.5) is 5.69 Å². The molecule has 0 bridgehead atoms. The molecule has 140 valence electrons. The first kappa shape index (κ1) is 21.5. The van der Waals surface area contributed by atoms with Crippen LogP contribution in [0.5, 0.6) is 5.75 Å². The van der Waals surface area contributed by atoms with Crippen molar-refractivity contribution in [3.63, 3.8) is 0 Å². The molecule has 0 aliphatic rings. The van der Waals surface area contributed by atoms with E-state index in [2.05, 4.69) is 12.2 Å². The molecule has 1 amide bonds. The smallest absolute Gasteiger partial charge is 0.262 e. The highest BCUT2D eigenvalue weighted by atomic mass is 35.5. The van der Waals surface area contributed by atoms with Crippen LogP contribution in [0.2, 0.25) is 0 Å². The molecule has 1 atom stereocenters. The predicted molar refractivity (Wildman–Crippen MR) is 103 cm³/mol. The third-order valence-electron chi connectivity index (χ3n) is 4.04. The van der Waals surface area contributed by atoms with Crippen molar-refractivity contribution in [3.8, 4) is 5.75 Å². The summed E-state index contributed by atoms with van der Waals surface area (Å²) in [5.41, 5.74) is 0.550. The third-order valence-corrected chi connectivity index (χ3v) is 4.28. The van der Waals surface area contributed by atoms with Crippen molar-refractivity contribution in [1.29, 1.82) is 0 Å². The average Bonchev–Trinajstić information content (AvgIpc) is 2.57. The van der Waals surface area contributed by atoms with Gasteiger partial charge in [-0.2, -0.15) is 0 Å². The molecule has 0 saturated carbocycles. The minimum Gasteiger partial charge on any atom is -0.479 e. The van der Waals surface area contributed by atoms with Gasteiger partial charge in [0.15, 0.2) is 6.10 Å². The number of hydrogen-bond donors (Lipinski definition) is 1. The van der Waals surface area contributed by atoms with E-state index in [-0.39, 0.29) is 5.91 Å². The van der Waals surface area contributed by atoms with Crippen molar-refractivity contribution in [2.45, 2.75) is 77.7 Å². The molecule has 1 unspecified atom stereocenters. The number of hydrogen-bond acceptors (Lipinski definition) is 3. The number of anilines is 1. The molecule has 1 aromatic rings. The van der Waals surface area contributed by atoms with Gasteiger partial charge in [0.2, 0.25) is 5.91 Å². The van der Waals surface area contributed by atoms with E-state index in [1.165, 1.54) is 45.4 Å². The van der Waals surface area contributed by atoms with E-state index < -0.39 is 11.3 Å². The monoisotopic (exact) mass is 367 g/mol. The van der Waals surface area contributed by atoms with Crippen LogP contribution in [-0.4, -0.2) is 17.3 Å². The van der Waals surface area contributed by atoms with Gasteiger partial charge < -0.3 is 10.1 Å². The number of amides is 1. The normalized spacial score (nSPS) is 11.8. The summed E-state index contributed by atoms with van der Waals surface area (Å²) in [5, 5.41) is 2.20. The van der Waals surface area contributed by atoms with Crippen molar-refractivity contribution in [3.05, 3.63) is 24.3 Å². The van der Waals surface area contributed by atoms with Crippen LogP contribution in [0.3, 0.4) is 0 Å². The van der Waals surface area contributed by atoms with Crippen LogP contribution in [0.15, 0.2) is 24.3 Å². The van der Waals surface area contributed by atoms with E-state index in [0.29, 0.717) is 17.9 Å². The lowest BCUT2D eigenvalue weighted by atomic mass is 10.1. The van der Waals surface area contributed by atoms with E-state index in [1.807, 2.05) is 0 Å². The molecule has 0 aliphatic carbocycles. The number of halogens is 1. The Morgan fingerprint density at radius 3 is 2.24 bits per heavy atom. The fourth-order valence-corrected chi connectivity index (χ4v) is 2.85. The first-order chi connectivity index (χ1) is 12.0. The highest BCUT2D eigenvalue weighted by molar-refractivity contribution is 6.64. The largest absolute Gasteiger partial charge is 0.479 e. The Bertz CT molecular complexity index is 533. The van der Waals surface area contributed by atoms with Crippen LogP contribution >= 0.6 is 11.6 Å². The Labute approximate surface area is 156 Å². The Morgan fingerprint density at radius 1 is 1.04 bits per heavy atom. The van der Waals surface area contributed by atoms with Gasteiger partial charge in [-0.25, -0.2) is 0 Å². The molecule has 0 aromatic heterocycles. The molecule has 1 N–H and O–H groups in total. The van der Waals surface area contributed by atoms with Gasteiger partial charge in [0.25, 0.3) is 5.24 Å². The van der Waals surface area contributed by atoms with E-state index >= 15 is 0 Å². The van der Waals surface area contributed by atoms with E-state index in [1.54, 1.807) is 24.3 Å². The van der Waals surface area contributed by atoms with Crippen LogP contribution in [0, 0.1) is 0 Å². The molecule has 1 rings (SSSR count). The number of ether oxygens (including phenoxy) is 1. The molecule has 5 heteroatoms. The lowest BCUT2D eigenvalue weighted by Gasteiger charge is -2.18. The predicted octanol–water partition coefficient (Wildman–Crippen LogP) is 5.69. The molecule has 0 saturated heterocycles. The standard InChI is InChI=1S/C20H30ClNO3/c1-3-4-5-6-7-8-9-10-15-19(20(21)24)25-18-14-12-11-13-17(18)22-16(2)23/h11-14,19H,3-10,15H2,1-2H3,(H,22,23). The van der Waals surface area contributed by atoms with Crippen molar-refractivity contribution in [1.82, 2.24) is 0 Å². The fraction of sp³-hybridized carbons (Fsp3) is 0.600. The minimum absolute atomic E-state index is 0.187. The molecule has 0 heterocycles. The van der Waals surface area contributed by atoms with Crippen molar-refractivity contribution in [2.24, 2.45) is 0 Å². The molecule has 0 radical (unpaired) electrons. The quantitative estimate of drug-likeness (QED) is 0.360. The lowest BCUT2D eigenvalue weighted by molar-refractivity contribution is -0.118. The number of nitrogens with one attached hydrogen (secondary N) is 1. The molecule has 4 nitrogen and oxygen atoms in total. The number of carbonyl (C=O) groups is 2. The molecule has 0 aliphatic heterocycles. The molecular formula is C20H30ClNO3. The number of para-hydroxylation sites is 2. The third kappa shape index (κ3) is 9.49. The van der Waals surface area contributed by atoms with E-state index in [4.69, 9.17) is 16.3 Å². The number of carbonyl (C=O) groups excluding carboxylic acids is 2. The van der Waals surface area contributed by atoms with Crippen LogP contribution in [0.1, 0.15) is 71.6 Å². The lowest BCUT2D eigenvalue weighted by Crippen LogP contribution is -2.24. The summed E-state index contributed by atoms with van der Waals surface area (Å²) >= 11 is 5.70. The van der Waals surface area contributed by atoms with Gasteiger partial charge in [0.1, 0.15) is 5.75 Å². The maximum atomic E-state index is 11.7. The Kier molecular flexibility index (Phi) is 11.0. The molecular weight excluding hydrogens is 338 g/mol. The molecule has 25 heavy (non-hydrogen) atoms. The van der Waals surface area contributed by atoms with Crippen molar-refractivity contribution in [2.75, 3.05) is 5.32 Å². The minimum atomic E-state index is -0.684. The Morgan fingerprint density at radius 2 is 1.64 bits per heavy atom. The van der Waals surface area contributed by atoms with Gasteiger partial charge in [0.05, 0.1) is 5.69 Å². The maximum Gasteiger partial charge on any atom is 0.262 e. The maximum absolute atomic E-state index is 11.7. The second kappa shape index (κ2) is 12.8. The zero-order valence-corrected chi connectivity index (χ0v) is 16.1. The SMILES string of the molecule is CCCCCCCCCCC(Oc1ccccc1NC(C)=O)C(=O)Cl. The van der Waals surface area contributed by atoms with Gasteiger partial charge >= 0.3 is 0 Å². The Hall–Kier alpha value is -1.55. The second-order valence-corrected chi connectivity index (χ2v) is 6.72. The van der Waals surface area contributed by atoms with Crippen molar-refractivity contribution < 1.29 is 14.3 Å². The van der Waals surface area contributed by atoms with Crippen LogP contribution in [0.25, 0.3) is 0 Å². The highest BCUT2D eigenvalue weighted by Crippen LogP contribution is 2.26. The number of unbranched alkanes of at least 4 members (excludes halogenated alkanes) is 7. The van der Waals surface area contributed by atoms with Crippen LogP contribution in [-0.2, 0) is 9.59 Å². The van der Waals surface area contributed by atoms with Gasteiger partial charge in [-0.1, -0.05) is 64.0 Å². The van der Waals surface area contributed by atoms with Crippen molar-refractivity contribution >= 4 is 28.4 Å². The fourth-order valence-electron chi connectivity index (χ4n) is 2.70. The summed E-state index contributed by atoms with van der Waals surface area (Å²) in [6.07, 6.45) is 9.46. The zero-order valence-electron chi connectivity index (χ0n) is 15.4.